The molecule has 2 aromatic rings. The van der Waals surface area contributed by atoms with Crippen LogP contribution in [-0.4, -0.2) is 31.4 Å². The van der Waals surface area contributed by atoms with Crippen LogP contribution in [0.15, 0.2) is 30.9 Å². The first kappa shape index (κ1) is 17.4. The molecule has 0 aliphatic heterocycles. The van der Waals surface area contributed by atoms with Gasteiger partial charge >= 0.3 is 6.18 Å². The molecular weight excluding hydrogens is 327 g/mol. The maximum Gasteiger partial charge on any atom is 0.417 e. The molecule has 0 radical (unpaired) electrons. The van der Waals surface area contributed by atoms with Gasteiger partial charge in [-0.1, -0.05) is 0 Å². The molecule has 1 amide bonds. The first-order valence-corrected chi connectivity index (χ1v) is 6.61. The van der Waals surface area contributed by atoms with E-state index in [1.165, 1.54) is 30.3 Å². The van der Waals surface area contributed by atoms with Crippen molar-refractivity contribution in [3.8, 4) is 6.07 Å². The van der Waals surface area contributed by atoms with Crippen molar-refractivity contribution in [2.75, 3.05) is 5.32 Å². The Hall–Kier alpha value is -2.93. The van der Waals surface area contributed by atoms with Gasteiger partial charge in [0.2, 0.25) is 0 Å². The van der Waals surface area contributed by atoms with Gasteiger partial charge in [0.25, 0.3) is 5.91 Å². The van der Waals surface area contributed by atoms with E-state index in [9.17, 15) is 23.1 Å². The molecule has 0 aliphatic carbocycles. The van der Waals surface area contributed by atoms with Crippen LogP contribution in [0.2, 0.25) is 0 Å². The molecule has 1 aromatic carbocycles. The fourth-order valence-corrected chi connectivity index (χ4v) is 1.92. The Balaban J connectivity index is 2.21. The molecule has 0 saturated carbocycles. The van der Waals surface area contributed by atoms with E-state index in [2.05, 4.69) is 15.4 Å². The molecule has 10 heteroatoms. The predicted octanol–water partition coefficient (Wildman–Crippen LogP) is 1.56. The molecule has 1 aromatic heterocycles. The zero-order valence-corrected chi connectivity index (χ0v) is 12.4. The van der Waals surface area contributed by atoms with Crippen molar-refractivity contribution in [2.45, 2.75) is 25.2 Å². The highest BCUT2D eigenvalue weighted by Gasteiger charge is 2.35. The fraction of sp³-hybridized carbons (Fsp3) is 0.286. The summed E-state index contributed by atoms with van der Waals surface area (Å²) in [6.45, 7) is 0.958. The second-order valence-corrected chi connectivity index (χ2v) is 5.19. The Morgan fingerprint density at radius 2 is 2.17 bits per heavy atom. The monoisotopic (exact) mass is 339 g/mol. The largest absolute Gasteiger partial charge is 0.417 e. The molecule has 1 atom stereocenters. The van der Waals surface area contributed by atoms with Gasteiger partial charge in [0, 0.05) is 5.69 Å². The molecule has 0 fully saturated rings. The van der Waals surface area contributed by atoms with Crippen molar-refractivity contribution in [3.05, 3.63) is 42.0 Å². The molecular formula is C14H12F3N5O2. The average molecular weight is 339 g/mol. The highest BCUT2D eigenvalue weighted by atomic mass is 19.4. The summed E-state index contributed by atoms with van der Waals surface area (Å²) in [6.07, 6.45) is -2.25. The lowest BCUT2D eigenvalue weighted by Gasteiger charge is -2.22. The molecule has 0 saturated heterocycles. The number of hydrogen-bond acceptors (Lipinski definition) is 5. The number of aliphatic hydroxyl groups is 1. The summed E-state index contributed by atoms with van der Waals surface area (Å²) < 4.78 is 39.9. The second-order valence-electron chi connectivity index (χ2n) is 5.19. The number of amides is 1. The van der Waals surface area contributed by atoms with Crippen molar-refractivity contribution in [1.82, 2.24) is 14.8 Å². The summed E-state index contributed by atoms with van der Waals surface area (Å²) in [5, 5.41) is 24.8. The minimum Gasteiger partial charge on any atom is -0.378 e. The lowest BCUT2D eigenvalue weighted by atomic mass is 10.0. The SMILES string of the molecule is C[C@](O)(Cn1cncn1)C(=O)Nc1ccc(C#N)c(C(F)(F)F)c1. The quantitative estimate of drug-likeness (QED) is 0.880. The topological polar surface area (TPSA) is 104 Å². The van der Waals surface area contributed by atoms with E-state index < -0.39 is 28.8 Å². The van der Waals surface area contributed by atoms with E-state index in [0.29, 0.717) is 6.07 Å². The number of benzene rings is 1. The van der Waals surface area contributed by atoms with Gasteiger partial charge < -0.3 is 10.4 Å². The number of aromatic nitrogens is 3. The predicted molar refractivity (Wildman–Crippen MR) is 75.4 cm³/mol. The summed E-state index contributed by atoms with van der Waals surface area (Å²) >= 11 is 0. The highest BCUT2D eigenvalue weighted by molar-refractivity contribution is 5.96. The Kier molecular flexibility index (Phi) is 4.57. The number of halogens is 3. The third kappa shape index (κ3) is 3.88. The third-order valence-corrected chi connectivity index (χ3v) is 3.13. The molecule has 2 rings (SSSR count). The van der Waals surface area contributed by atoms with Crippen LogP contribution in [-0.2, 0) is 17.5 Å². The molecule has 126 valence electrons. The number of carbonyl (C=O) groups excluding carboxylic acids is 1. The normalized spacial score (nSPS) is 13.8. The van der Waals surface area contributed by atoms with Crippen LogP contribution >= 0.6 is 0 Å². The molecule has 2 N–H and O–H groups in total. The van der Waals surface area contributed by atoms with Gasteiger partial charge in [-0.2, -0.15) is 23.5 Å². The summed E-state index contributed by atoms with van der Waals surface area (Å²) in [7, 11) is 0. The molecule has 24 heavy (non-hydrogen) atoms. The number of nitrogens with zero attached hydrogens (tertiary/aromatic N) is 4. The van der Waals surface area contributed by atoms with E-state index in [4.69, 9.17) is 5.26 Å². The summed E-state index contributed by atoms with van der Waals surface area (Å²) in [5.74, 6) is -0.921. The number of alkyl halides is 3. The van der Waals surface area contributed by atoms with Gasteiger partial charge in [-0.3, -0.25) is 4.79 Å². The lowest BCUT2D eigenvalue weighted by Crippen LogP contribution is -2.43. The second kappa shape index (κ2) is 6.29. The first-order valence-electron chi connectivity index (χ1n) is 6.61. The van der Waals surface area contributed by atoms with Gasteiger partial charge in [0.15, 0.2) is 5.60 Å². The van der Waals surface area contributed by atoms with Crippen LogP contribution in [0.5, 0.6) is 0 Å². The maximum atomic E-state index is 12.9. The van der Waals surface area contributed by atoms with Gasteiger partial charge in [-0.15, -0.1) is 0 Å². The van der Waals surface area contributed by atoms with Gasteiger partial charge in [0.1, 0.15) is 12.7 Å². The molecule has 0 bridgehead atoms. The molecule has 0 spiro atoms. The van der Waals surface area contributed by atoms with Crippen LogP contribution in [0.3, 0.4) is 0 Å². The van der Waals surface area contributed by atoms with Crippen molar-refractivity contribution in [1.29, 1.82) is 5.26 Å². The first-order chi connectivity index (χ1) is 11.1. The smallest absolute Gasteiger partial charge is 0.378 e. The van der Waals surface area contributed by atoms with Crippen molar-refractivity contribution in [2.24, 2.45) is 0 Å². The fourth-order valence-electron chi connectivity index (χ4n) is 1.92. The Morgan fingerprint density at radius 3 is 2.71 bits per heavy atom. The lowest BCUT2D eigenvalue weighted by molar-refractivity contribution is -0.138. The van der Waals surface area contributed by atoms with E-state index in [1.807, 2.05) is 0 Å². The van der Waals surface area contributed by atoms with Gasteiger partial charge in [-0.05, 0) is 25.1 Å². The number of carbonyl (C=O) groups is 1. The number of nitriles is 1. The molecule has 7 nitrogen and oxygen atoms in total. The number of anilines is 1. The summed E-state index contributed by atoms with van der Waals surface area (Å²) in [6, 6.07) is 4.18. The van der Waals surface area contributed by atoms with E-state index >= 15 is 0 Å². The minimum atomic E-state index is -4.74. The van der Waals surface area contributed by atoms with Crippen LogP contribution in [0.25, 0.3) is 0 Å². The van der Waals surface area contributed by atoms with E-state index in [1.54, 1.807) is 0 Å². The zero-order valence-electron chi connectivity index (χ0n) is 12.4. The van der Waals surface area contributed by atoms with Crippen LogP contribution in [0.4, 0.5) is 18.9 Å². The molecule has 1 heterocycles. The summed E-state index contributed by atoms with van der Waals surface area (Å²) in [4.78, 5) is 15.8. The Bertz CT molecular complexity index is 779. The molecule has 0 unspecified atom stereocenters. The Morgan fingerprint density at radius 1 is 1.46 bits per heavy atom. The van der Waals surface area contributed by atoms with Crippen LogP contribution in [0.1, 0.15) is 18.1 Å². The zero-order chi connectivity index (χ0) is 18.0. The van der Waals surface area contributed by atoms with Crippen molar-refractivity contribution >= 4 is 11.6 Å². The van der Waals surface area contributed by atoms with Gasteiger partial charge in [-0.25, -0.2) is 9.67 Å². The maximum absolute atomic E-state index is 12.9. The van der Waals surface area contributed by atoms with Crippen LogP contribution in [0, 0.1) is 11.3 Å². The minimum absolute atomic E-state index is 0.190. The van der Waals surface area contributed by atoms with E-state index in [-0.39, 0.29) is 12.2 Å². The summed E-state index contributed by atoms with van der Waals surface area (Å²) in [5.41, 5.74) is -3.85. The highest BCUT2D eigenvalue weighted by Crippen LogP contribution is 2.33. The van der Waals surface area contributed by atoms with Crippen molar-refractivity contribution < 1.29 is 23.1 Å². The average Bonchev–Trinajstić information content (AvgIpc) is 2.98. The third-order valence-electron chi connectivity index (χ3n) is 3.13. The van der Waals surface area contributed by atoms with Crippen molar-refractivity contribution in [3.63, 3.8) is 0 Å². The number of nitrogens with one attached hydrogen (secondary N) is 1. The Labute approximate surface area is 134 Å². The number of hydrogen-bond donors (Lipinski definition) is 2. The van der Waals surface area contributed by atoms with Crippen LogP contribution < -0.4 is 5.32 Å². The molecule has 0 aliphatic rings. The number of rotatable bonds is 4. The standard InChI is InChI=1S/C14H12F3N5O2/c1-13(24,6-22-8-19-7-20-22)12(23)21-10-3-2-9(5-18)11(4-10)14(15,16)17/h2-4,7-8,24H,6H2,1H3,(H,21,23)/t13-/m0/s1. The van der Waals surface area contributed by atoms with Gasteiger partial charge in [0.05, 0.1) is 23.7 Å². The van der Waals surface area contributed by atoms with E-state index in [0.717, 1.165) is 12.1 Å².